The lowest BCUT2D eigenvalue weighted by atomic mass is 10.1. The first kappa shape index (κ1) is 20.6. The predicted molar refractivity (Wildman–Crippen MR) is 97.8 cm³/mol. The van der Waals surface area contributed by atoms with Gasteiger partial charge in [0.2, 0.25) is 0 Å². The summed E-state index contributed by atoms with van der Waals surface area (Å²) in [6, 6.07) is 9.42. The number of amides is 1. The van der Waals surface area contributed by atoms with Crippen LogP contribution >= 0.6 is 0 Å². The maximum Gasteiger partial charge on any atom is 0.418 e. The largest absolute Gasteiger partial charge is 0.418 e. The predicted octanol–water partition coefficient (Wildman–Crippen LogP) is 5.32. The number of rotatable bonds is 4. The van der Waals surface area contributed by atoms with Crippen LogP contribution < -0.4 is 5.32 Å². The summed E-state index contributed by atoms with van der Waals surface area (Å²) < 4.78 is 68.5. The molecule has 0 aliphatic carbocycles. The standard InChI is InChI=1S/C21H17F5N2O/c1-12-9-16(20(29)27-11-14-10-15(22)7-8-18(14)23)13(2)28(12)19-6-4-3-5-17(19)21(24,25)26/h3-10H,11H2,1-2H3,(H,27,29). The van der Waals surface area contributed by atoms with Crippen LogP contribution in [0.15, 0.2) is 48.5 Å². The van der Waals surface area contributed by atoms with Crippen LogP contribution in [0.25, 0.3) is 5.69 Å². The molecule has 0 spiro atoms. The van der Waals surface area contributed by atoms with E-state index in [1.807, 2.05) is 0 Å². The SMILES string of the molecule is Cc1cc(C(=O)NCc2cc(F)ccc2F)c(C)n1-c1ccccc1C(F)(F)F. The molecule has 3 nitrogen and oxygen atoms in total. The molecule has 2 aromatic carbocycles. The Morgan fingerprint density at radius 1 is 1.03 bits per heavy atom. The van der Waals surface area contributed by atoms with Crippen LogP contribution in [0.1, 0.15) is 32.9 Å². The van der Waals surface area contributed by atoms with E-state index in [1.54, 1.807) is 6.92 Å². The molecule has 1 N–H and O–H groups in total. The molecule has 0 aliphatic heterocycles. The molecule has 152 valence electrons. The van der Waals surface area contributed by atoms with Crippen LogP contribution in [-0.4, -0.2) is 10.5 Å². The summed E-state index contributed by atoms with van der Waals surface area (Å²) in [5, 5.41) is 2.48. The fraction of sp³-hybridized carbons (Fsp3) is 0.190. The first-order valence-corrected chi connectivity index (χ1v) is 8.67. The van der Waals surface area contributed by atoms with E-state index in [4.69, 9.17) is 0 Å². The van der Waals surface area contributed by atoms with Gasteiger partial charge in [-0.2, -0.15) is 13.2 Å². The van der Waals surface area contributed by atoms with Gasteiger partial charge in [0.15, 0.2) is 0 Å². The monoisotopic (exact) mass is 408 g/mol. The molecular weight excluding hydrogens is 391 g/mol. The Kier molecular flexibility index (Phi) is 5.46. The van der Waals surface area contributed by atoms with Crippen molar-refractivity contribution in [2.24, 2.45) is 0 Å². The molecule has 0 bridgehead atoms. The molecule has 0 saturated carbocycles. The minimum Gasteiger partial charge on any atom is -0.348 e. The molecule has 0 radical (unpaired) electrons. The number of alkyl halides is 3. The van der Waals surface area contributed by atoms with Crippen LogP contribution in [0.4, 0.5) is 22.0 Å². The third-order valence-electron chi connectivity index (χ3n) is 4.57. The van der Waals surface area contributed by atoms with Gasteiger partial charge in [0, 0.05) is 23.5 Å². The van der Waals surface area contributed by atoms with Crippen LogP contribution in [0.2, 0.25) is 0 Å². The molecule has 3 aromatic rings. The van der Waals surface area contributed by atoms with E-state index < -0.39 is 29.3 Å². The van der Waals surface area contributed by atoms with Crippen molar-refractivity contribution in [1.82, 2.24) is 9.88 Å². The maximum atomic E-state index is 13.7. The summed E-state index contributed by atoms with van der Waals surface area (Å²) in [7, 11) is 0. The summed E-state index contributed by atoms with van der Waals surface area (Å²) in [4.78, 5) is 12.6. The highest BCUT2D eigenvalue weighted by molar-refractivity contribution is 5.95. The van der Waals surface area contributed by atoms with Gasteiger partial charge >= 0.3 is 6.18 Å². The van der Waals surface area contributed by atoms with E-state index in [0.717, 1.165) is 24.3 Å². The fourth-order valence-electron chi connectivity index (χ4n) is 3.22. The maximum absolute atomic E-state index is 13.7. The number of hydrogen-bond acceptors (Lipinski definition) is 1. The van der Waals surface area contributed by atoms with Crippen molar-refractivity contribution in [1.29, 1.82) is 0 Å². The number of hydrogen-bond donors (Lipinski definition) is 1. The minimum absolute atomic E-state index is 0.0328. The van der Waals surface area contributed by atoms with Gasteiger partial charge in [0.05, 0.1) is 16.8 Å². The zero-order valence-corrected chi connectivity index (χ0v) is 15.6. The summed E-state index contributed by atoms with van der Waals surface area (Å²) in [5.41, 5.74) is -0.0654. The van der Waals surface area contributed by atoms with E-state index in [9.17, 15) is 26.7 Å². The Bertz CT molecular complexity index is 1070. The number of carbonyl (C=O) groups excluding carboxylic acids is 1. The van der Waals surface area contributed by atoms with Crippen molar-refractivity contribution < 1.29 is 26.7 Å². The van der Waals surface area contributed by atoms with Gasteiger partial charge in [-0.1, -0.05) is 12.1 Å². The lowest BCUT2D eigenvalue weighted by Gasteiger charge is -2.16. The van der Waals surface area contributed by atoms with Crippen LogP contribution in [0.3, 0.4) is 0 Å². The van der Waals surface area contributed by atoms with Crippen molar-refractivity contribution in [3.63, 3.8) is 0 Å². The molecule has 0 unspecified atom stereocenters. The molecule has 0 saturated heterocycles. The highest BCUT2D eigenvalue weighted by Crippen LogP contribution is 2.35. The van der Waals surface area contributed by atoms with Crippen molar-refractivity contribution in [2.75, 3.05) is 0 Å². The minimum atomic E-state index is -4.56. The summed E-state index contributed by atoms with van der Waals surface area (Å²) in [6.07, 6.45) is -4.56. The first-order chi connectivity index (χ1) is 13.6. The van der Waals surface area contributed by atoms with Gasteiger partial charge in [-0.15, -0.1) is 0 Å². The third kappa shape index (κ3) is 4.16. The van der Waals surface area contributed by atoms with E-state index in [1.165, 1.54) is 35.8 Å². The van der Waals surface area contributed by atoms with Crippen molar-refractivity contribution in [2.45, 2.75) is 26.6 Å². The van der Waals surface area contributed by atoms with Gasteiger partial charge < -0.3 is 9.88 Å². The van der Waals surface area contributed by atoms with Crippen molar-refractivity contribution >= 4 is 5.91 Å². The van der Waals surface area contributed by atoms with Gasteiger partial charge in [-0.05, 0) is 50.2 Å². The van der Waals surface area contributed by atoms with Crippen LogP contribution in [0, 0.1) is 25.5 Å². The molecule has 0 aliphatic rings. The highest BCUT2D eigenvalue weighted by Gasteiger charge is 2.34. The van der Waals surface area contributed by atoms with E-state index in [2.05, 4.69) is 5.32 Å². The number of nitrogens with one attached hydrogen (secondary N) is 1. The van der Waals surface area contributed by atoms with Crippen LogP contribution in [0.5, 0.6) is 0 Å². The summed E-state index contributed by atoms with van der Waals surface area (Å²) in [5.74, 6) is -1.91. The van der Waals surface area contributed by atoms with Gasteiger partial charge in [-0.25, -0.2) is 8.78 Å². The second-order valence-corrected chi connectivity index (χ2v) is 6.55. The van der Waals surface area contributed by atoms with Crippen molar-refractivity contribution in [3.05, 3.63) is 88.2 Å². The summed E-state index contributed by atoms with van der Waals surface area (Å²) in [6.45, 7) is 2.85. The third-order valence-corrected chi connectivity index (χ3v) is 4.57. The van der Waals surface area contributed by atoms with Gasteiger partial charge in [-0.3, -0.25) is 4.79 Å². The first-order valence-electron chi connectivity index (χ1n) is 8.67. The van der Waals surface area contributed by atoms with E-state index >= 15 is 0 Å². The second kappa shape index (κ2) is 7.69. The van der Waals surface area contributed by atoms with Crippen molar-refractivity contribution in [3.8, 4) is 5.69 Å². The molecular formula is C21H17F5N2O. The van der Waals surface area contributed by atoms with Gasteiger partial charge in [0.25, 0.3) is 5.91 Å². The molecule has 0 fully saturated rings. The molecule has 1 amide bonds. The zero-order valence-electron chi connectivity index (χ0n) is 15.6. The molecule has 1 aromatic heterocycles. The molecule has 8 heteroatoms. The molecule has 29 heavy (non-hydrogen) atoms. The average molecular weight is 408 g/mol. The quantitative estimate of drug-likeness (QED) is 0.583. The molecule has 1 heterocycles. The number of halogens is 5. The number of para-hydroxylation sites is 1. The highest BCUT2D eigenvalue weighted by atomic mass is 19.4. The van der Waals surface area contributed by atoms with Gasteiger partial charge in [0.1, 0.15) is 11.6 Å². The Labute approximate surface area is 163 Å². The molecule has 3 rings (SSSR count). The number of nitrogens with zero attached hydrogens (tertiary/aromatic N) is 1. The topological polar surface area (TPSA) is 34.0 Å². The Morgan fingerprint density at radius 2 is 1.72 bits per heavy atom. The molecule has 0 atom stereocenters. The lowest BCUT2D eigenvalue weighted by Crippen LogP contribution is -2.24. The van der Waals surface area contributed by atoms with E-state index in [0.29, 0.717) is 11.4 Å². The smallest absolute Gasteiger partial charge is 0.348 e. The fourth-order valence-corrected chi connectivity index (χ4v) is 3.22. The number of aryl methyl sites for hydroxylation is 1. The number of carbonyl (C=O) groups is 1. The average Bonchev–Trinajstić information content (AvgIpc) is 2.95. The normalized spacial score (nSPS) is 11.6. The lowest BCUT2D eigenvalue weighted by molar-refractivity contribution is -0.137. The second-order valence-electron chi connectivity index (χ2n) is 6.55. The zero-order chi connectivity index (χ0) is 21.3. The number of benzene rings is 2. The Balaban J connectivity index is 1.92. The Morgan fingerprint density at radius 3 is 2.41 bits per heavy atom. The van der Waals surface area contributed by atoms with Crippen LogP contribution in [-0.2, 0) is 12.7 Å². The Hall–Kier alpha value is -3.16. The van der Waals surface area contributed by atoms with E-state index in [-0.39, 0.29) is 23.4 Å². The number of aromatic nitrogens is 1. The summed E-state index contributed by atoms with van der Waals surface area (Å²) >= 11 is 0.